The lowest BCUT2D eigenvalue weighted by Gasteiger charge is -2.18. The van der Waals surface area contributed by atoms with Crippen LogP contribution in [0.25, 0.3) is 11.4 Å². The molecule has 0 amide bonds. The molecule has 3 heterocycles. The monoisotopic (exact) mass is 372 g/mol. The van der Waals surface area contributed by atoms with Crippen LogP contribution in [-0.2, 0) is 26.4 Å². The molecule has 0 aliphatic carbocycles. The van der Waals surface area contributed by atoms with Crippen molar-refractivity contribution in [3.63, 3.8) is 0 Å². The second-order valence-electron chi connectivity index (χ2n) is 5.57. The molecule has 1 aliphatic heterocycles. The van der Waals surface area contributed by atoms with Gasteiger partial charge in [0.15, 0.2) is 9.84 Å². The molecule has 24 heavy (non-hydrogen) atoms. The molecule has 1 aliphatic rings. The third kappa shape index (κ3) is 3.47. The molecule has 0 bridgehead atoms. The second kappa shape index (κ2) is 6.22. The molecule has 3 rings (SSSR count). The molecule has 0 spiro atoms. The summed E-state index contributed by atoms with van der Waals surface area (Å²) in [5, 5.41) is 2.89. The van der Waals surface area contributed by atoms with E-state index in [2.05, 4.69) is 15.1 Å². The maximum absolute atomic E-state index is 12.5. The summed E-state index contributed by atoms with van der Waals surface area (Å²) in [6.07, 6.45) is 3.28. The van der Waals surface area contributed by atoms with Gasteiger partial charge in [0.2, 0.25) is 21.7 Å². The summed E-state index contributed by atoms with van der Waals surface area (Å²) in [6.45, 7) is -0.114. The molecule has 1 fully saturated rings. The molecule has 0 N–H and O–H groups in total. The molecule has 0 unspecified atom stereocenters. The van der Waals surface area contributed by atoms with Crippen LogP contribution >= 0.6 is 0 Å². The lowest BCUT2D eigenvalue weighted by Crippen LogP contribution is -2.36. The Morgan fingerprint density at radius 1 is 1.33 bits per heavy atom. The van der Waals surface area contributed by atoms with Crippen LogP contribution in [0.2, 0.25) is 0 Å². The molecule has 11 heteroatoms. The van der Waals surface area contributed by atoms with Gasteiger partial charge in [0.1, 0.15) is 0 Å². The van der Waals surface area contributed by atoms with Crippen LogP contribution in [0.1, 0.15) is 12.3 Å². The van der Waals surface area contributed by atoms with Gasteiger partial charge < -0.3 is 4.52 Å². The first-order valence-corrected chi connectivity index (χ1v) is 10.5. The van der Waals surface area contributed by atoms with E-state index in [1.54, 1.807) is 24.5 Å². The normalized spacial score (nSPS) is 20.5. The Kier molecular flexibility index (Phi) is 4.40. The first kappa shape index (κ1) is 17.0. The zero-order valence-corrected chi connectivity index (χ0v) is 14.5. The zero-order chi connectivity index (χ0) is 17.4. The summed E-state index contributed by atoms with van der Waals surface area (Å²) in [5.41, 5.74) is 0.701. The molecule has 1 saturated heterocycles. The number of aromatic nitrogens is 3. The average Bonchev–Trinajstić information content (AvgIpc) is 3.15. The third-order valence-electron chi connectivity index (χ3n) is 3.81. The van der Waals surface area contributed by atoms with E-state index in [1.807, 2.05) is 0 Å². The highest BCUT2D eigenvalue weighted by Crippen LogP contribution is 2.23. The fourth-order valence-electron chi connectivity index (χ4n) is 2.47. The molecule has 0 aromatic carbocycles. The summed E-state index contributed by atoms with van der Waals surface area (Å²) in [4.78, 5) is 8.05. The Morgan fingerprint density at radius 2 is 2.04 bits per heavy atom. The summed E-state index contributed by atoms with van der Waals surface area (Å²) in [7, 11) is -5.66. The lowest BCUT2D eigenvalue weighted by atomic mass is 10.2. The van der Waals surface area contributed by atoms with E-state index < -0.39 is 25.1 Å². The summed E-state index contributed by atoms with van der Waals surface area (Å²) in [5.74, 6) is 0.0267. The van der Waals surface area contributed by atoms with Crippen molar-refractivity contribution in [2.24, 2.45) is 0 Å². The molecule has 9 nitrogen and oxygen atoms in total. The van der Waals surface area contributed by atoms with Crippen LogP contribution < -0.4 is 0 Å². The van der Waals surface area contributed by atoms with Crippen LogP contribution in [0.3, 0.4) is 0 Å². The van der Waals surface area contributed by atoms with Gasteiger partial charge in [0.05, 0.1) is 23.3 Å². The van der Waals surface area contributed by atoms with Gasteiger partial charge in [0, 0.05) is 25.0 Å². The third-order valence-corrected chi connectivity index (χ3v) is 8.03. The molecule has 2 aromatic heterocycles. The fourth-order valence-corrected chi connectivity index (χ4v) is 6.69. The van der Waals surface area contributed by atoms with Gasteiger partial charge in [-0.2, -0.15) is 9.29 Å². The Hall–Kier alpha value is -1.85. The first-order valence-electron chi connectivity index (χ1n) is 7.16. The number of rotatable bonds is 5. The minimum Gasteiger partial charge on any atom is -0.338 e. The standard InChI is InChI=1S/C13H16N4O5S2/c1-17(24(20,21)11-4-7-23(18,19)9-11)8-12-15-13(16-22-12)10-2-5-14-6-3-10/h2-3,5-6,11H,4,7-9H2,1H3/t11-/m0/s1. The molecule has 0 radical (unpaired) electrons. The number of hydrogen-bond acceptors (Lipinski definition) is 8. The molecule has 0 saturated carbocycles. The van der Waals surface area contributed by atoms with Crippen LogP contribution in [0, 0.1) is 0 Å². The van der Waals surface area contributed by atoms with E-state index in [4.69, 9.17) is 4.52 Å². The summed E-state index contributed by atoms with van der Waals surface area (Å²) >= 11 is 0. The van der Waals surface area contributed by atoms with E-state index >= 15 is 0 Å². The van der Waals surface area contributed by atoms with E-state index in [0.717, 1.165) is 4.31 Å². The van der Waals surface area contributed by atoms with Gasteiger partial charge >= 0.3 is 0 Å². The van der Waals surface area contributed by atoms with Crippen molar-refractivity contribution in [1.82, 2.24) is 19.4 Å². The molecular formula is C13H16N4O5S2. The minimum absolute atomic E-state index is 0.0997. The van der Waals surface area contributed by atoms with Crippen LogP contribution in [0.15, 0.2) is 29.0 Å². The minimum atomic E-state index is -3.75. The van der Waals surface area contributed by atoms with Gasteiger partial charge in [0.25, 0.3) is 0 Å². The SMILES string of the molecule is CN(Cc1nc(-c2ccncc2)no1)S(=O)(=O)[C@H]1CCS(=O)(=O)C1. The molecular weight excluding hydrogens is 356 g/mol. The zero-order valence-electron chi connectivity index (χ0n) is 12.9. The largest absolute Gasteiger partial charge is 0.338 e. The van der Waals surface area contributed by atoms with E-state index in [1.165, 1.54) is 7.05 Å². The molecule has 2 aromatic rings. The van der Waals surface area contributed by atoms with E-state index in [-0.39, 0.29) is 30.4 Å². The van der Waals surface area contributed by atoms with Crippen LogP contribution in [0.5, 0.6) is 0 Å². The van der Waals surface area contributed by atoms with Gasteiger partial charge in [-0.1, -0.05) is 5.16 Å². The topological polar surface area (TPSA) is 123 Å². The first-order chi connectivity index (χ1) is 11.3. The fraction of sp³-hybridized carbons (Fsp3) is 0.462. The summed E-state index contributed by atoms with van der Waals surface area (Å²) < 4.78 is 54.1. The van der Waals surface area contributed by atoms with Crippen molar-refractivity contribution in [1.29, 1.82) is 0 Å². The quantitative estimate of drug-likeness (QED) is 0.723. The Balaban J connectivity index is 1.73. The Morgan fingerprint density at radius 3 is 2.67 bits per heavy atom. The smallest absolute Gasteiger partial charge is 0.242 e. The van der Waals surface area contributed by atoms with E-state index in [0.29, 0.717) is 11.4 Å². The van der Waals surface area contributed by atoms with Crippen molar-refractivity contribution in [3.8, 4) is 11.4 Å². The maximum Gasteiger partial charge on any atom is 0.242 e. The predicted octanol–water partition coefficient (Wildman–Crippen LogP) is 0.0803. The Labute approximate surface area is 139 Å². The number of sulfone groups is 1. The lowest BCUT2D eigenvalue weighted by molar-refractivity contribution is 0.335. The number of hydrogen-bond donors (Lipinski definition) is 0. The van der Waals surface area contributed by atoms with Crippen molar-refractivity contribution in [2.75, 3.05) is 18.6 Å². The van der Waals surface area contributed by atoms with Crippen molar-refractivity contribution in [3.05, 3.63) is 30.4 Å². The van der Waals surface area contributed by atoms with Gasteiger partial charge in [-0.15, -0.1) is 0 Å². The second-order valence-corrected chi connectivity index (χ2v) is 10.1. The number of sulfonamides is 1. The number of pyridine rings is 1. The summed E-state index contributed by atoms with van der Waals surface area (Å²) in [6, 6.07) is 3.41. The molecule has 1 atom stereocenters. The Bertz CT molecular complexity index is 924. The highest BCUT2D eigenvalue weighted by Gasteiger charge is 2.39. The van der Waals surface area contributed by atoms with Crippen molar-refractivity contribution >= 4 is 19.9 Å². The van der Waals surface area contributed by atoms with Crippen LogP contribution in [-0.4, -0.2) is 60.1 Å². The maximum atomic E-state index is 12.5. The van der Waals surface area contributed by atoms with Crippen LogP contribution in [0.4, 0.5) is 0 Å². The predicted molar refractivity (Wildman–Crippen MR) is 85.0 cm³/mol. The van der Waals surface area contributed by atoms with E-state index in [9.17, 15) is 16.8 Å². The van der Waals surface area contributed by atoms with Gasteiger partial charge in [-0.3, -0.25) is 4.98 Å². The highest BCUT2D eigenvalue weighted by molar-refractivity contribution is 7.95. The number of nitrogens with zero attached hydrogens (tertiary/aromatic N) is 4. The van der Waals surface area contributed by atoms with Crippen molar-refractivity contribution < 1.29 is 21.4 Å². The van der Waals surface area contributed by atoms with Gasteiger partial charge in [-0.25, -0.2) is 16.8 Å². The highest BCUT2D eigenvalue weighted by atomic mass is 32.2. The average molecular weight is 372 g/mol. The molecule has 130 valence electrons. The van der Waals surface area contributed by atoms with Gasteiger partial charge in [-0.05, 0) is 18.6 Å². The van der Waals surface area contributed by atoms with Crippen molar-refractivity contribution in [2.45, 2.75) is 18.2 Å².